The normalized spacial score (nSPS) is 9.67. The van der Waals surface area contributed by atoms with Crippen molar-refractivity contribution < 1.29 is 50.6 Å². The molecule has 0 fully saturated rings. The second-order valence-electron chi connectivity index (χ2n) is 0.448. The molecule has 0 aliphatic carbocycles. The van der Waals surface area contributed by atoms with Gasteiger partial charge in [0.15, 0.2) is 0 Å². The van der Waals surface area contributed by atoms with Gasteiger partial charge in [0.25, 0.3) is 0 Å². The molecular weight excluding hydrogens is 212 g/mol. The molecule has 0 unspecified atom stereocenters. The van der Waals surface area contributed by atoms with E-state index in [4.69, 9.17) is 15.9 Å². The van der Waals surface area contributed by atoms with Gasteiger partial charge in [-0.05, 0) is 0 Å². The van der Waals surface area contributed by atoms with Crippen molar-refractivity contribution in [3.63, 3.8) is 0 Å². The van der Waals surface area contributed by atoms with Gasteiger partial charge in [-0.15, -0.1) is 0 Å². The Hall–Kier alpha value is 0.741. The molecule has 0 radical (unpaired) electrons. The molecule has 0 aromatic carbocycles. The van der Waals surface area contributed by atoms with Crippen molar-refractivity contribution in [1.29, 1.82) is 0 Å². The molecule has 0 saturated heterocycles. The molecule has 0 amide bonds. The first kappa shape index (κ1) is 9.88. The third kappa shape index (κ3) is 121. The molecule has 0 aromatic rings. The van der Waals surface area contributed by atoms with Crippen LogP contribution >= 0.6 is 0 Å². The van der Waals surface area contributed by atoms with E-state index in [0.717, 1.165) is 0 Å². The summed E-state index contributed by atoms with van der Waals surface area (Å²) in [6.45, 7) is 0. The Morgan fingerprint density at radius 3 is 1.17 bits per heavy atom. The van der Waals surface area contributed by atoms with Crippen LogP contribution in [0.5, 0.6) is 0 Å². The van der Waals surface area contributed by atoms with E-state index >= 15 is 0 Å². The van der Waals surface area contributed by atoms with Crippen molar-refractivity contribution in [1.82, 2.24) is 0 Å². The van der Waals surface area contributed by atoms with Crippen molar-refractivity contribution in [3.8, 4) is 0 Å². The molecule has 0 saturated carbocycles. The maximum atomic E-state index is 8.82. The average molecular weight is 214 g/mol. The zero-order valence-corrected chi connectivity index (χ0v) is 5.81. The van der Waals surface area contributed by atoms with Gasteiger partial charge in [0, 0.05) is 21.1 Å². The molecule has 38 valence electrons. The van der Waals surface area contributed by atoms with E-state index in [9.17, 15) is 0 Å². The molecule has 0 aromatic heterocycles. The summed E-state index contributed by atoms with van der Waals surface area (Å²) >= 11 is -5.25. The van der Waals surface area contributed by atoms with Crippen LogP contribution in [0.2, 0.25) is 0 Å². The van der Waals surface area contributed by atoms with Gasteiger partial charge in [-0.2, -0.15) is 0 Å². The molecule has 6 heteroatoms. The van der Waals surface area contributed by atoms with Crippen LogP contribution in [0.15, 0.2) is 0 Å². The number of hydrogen-bond donors (Lipinski definition) is 2. The standard InChI is InChI=1S/Cr.Mo.2H2O.2O/h;;2*1H2;;/q+2;;;;;/p-2. The predicted molar refractivity (Wildman–Crippen MR) is 5.81 cm³/mol. The summed E-state index contributed by atoms with van der Waals surface area (Å²) in [5.41, 5.74) is 0. The topological polar surface area (TPSA) is 74.6 Å². The fourth-order valence-electron chi connectivity index (χ4n) is 0. The Morgan fingerprint density at radius 2 is 1.17 bits per heavy atom. The summed E-state index contributed by atoms with van der Waals surface area (Å²) in [6, 6.07) is 0. The minimum absolute atomic E-state index is 0. The Kier molecular flexibility index (Phi) is 4.68. The van der Waals surface area contributed by atoms with Crippen molar-refractivity contribution in [2.75, 3.05) is 0 Å². The Bertz CT molecular complexity index is 90.7. The maximum absolute atomic E-state index is 8.82. The average Bonchev–Trinajstić information content (AvgIpc) is 0.722. The first-order valence-corrected chi connectivity index (χ1v) is 2.88. The van der Waals surface area contributed by atoms with E-state index in [-0.39, 0.29) is 21.1 Å². The molecule has 2 N–H and O–H groups in total. The van der Waals surface area contributed by atoms with Crippen LogP contribution in [0, 0.1) is 0 Å². The zero-order valence-electron chi connectivity index (χ0n) is 2.53. The molecule has 6 heavy (non-hydrogen) atoms. The fraction of sp³-hybridized carbons (Fsp3) is 0. The summed E-state index contributed by atoms with van der Waals surface area (Å²) in [6.07, 6.45) is 0. The second-order valence-corrected chi connectivity index (χ2v) is 1.85. The summed E-state index contributed by atoms with van der Waals surface area (Å²) in [5, 5.41) is 0. The molecular formula is H2CrMoO4. The summed E-state index contributed by atoms with van der Waals surface area (Å²) < 4.78 is 31.9. The third-order valence-electron chi connectivity index (χ3n) is 0. The van der Waals surface area contributed by atoms with Gasteiger partial charge in [-0.1, -0.05) is 0 Å². The van der Waals surface area contributed by atoms with Gasteiger partial charge >= 0.3 is 29.5 Å². The van der Waals surface area contributed by atoms with E-state index in [1.807, 2.05) is 0 Å². The van der Waals surface area contributed by atoms with E-state index in [2.05, 4.69) is 0 Å². The van der Waals surface area contributed by atoms with E-state index in [1.165, 1.54) is 0 Å². The molecule has 0 atom stereocenters. The van der Waals surface area contributed by atoms with Gasteiger partial charge in [0.05, 0.1) is 0 Å². The van der Waals surface area contributed by atoms with Crippen LogP contribution in [0.1, 0.15) is 0 Å². The van der Waals surface area contributed by atoms with Gasteiger partial charge in [0.1, 0.15) is 0 Å². The van der Waals surface area contributed by atoms with E-state index in [1.54, 1.807) is 0 Å². The fourth-order valence-corrected chi connectivity index (χ4v) is 0. The first-order chi connectivity index (χ1) is 2.00. The van der Waals surface area contributed by atoms with Crippen LogP contribution in [0.25, 0.3) is 0 Å². The van der Waals surface area contributed by atoms with Gasteiger partial charge in [-0.3, -0.25) is 0 Å². The van der Waals surface area contributed by atoms with Crippen LogP contribution in [0.4, 0.5) is 0 Å². The Balaban J connectivity index is 0. The quantitative estimate of drug-likeness (QED) is 0.488. The summed E-state index contributed by atoms with van der Waals surface area (Å²) in [4.78, 5) is 0. The second kappa shape index (κ2) is 2.84. The minimum atomic E-state index is -5.25. The van der Waals surface area contributed by atoms with Crippen molar-refractivity contribution in [2.24, 2.45) is 0 Å². The van der Waals surface area contributed by atoms with Crippen LogP contribution < -0.4 is 0 Å². The van der Waals surface area contributed by atoms with Crippen molar-refractivity contribution >= 4 is 0 Å². The molecule has 0 spiro atoms. The summed E-state index contributed by atoms with van der Waals surface area (Å²) in [7, 11) is 0. The molecule has 0 rings (SSSR count). The molecule has 0 bridgehead atoms. The first-order valence-electron chi connectivity index (χ1n) is 0.698. The number of rotatable bonds is 0. The van der Waals surface area contributed by atoms with Gasteiger partial charge in [0.2, 0.25) is 0 Å². The van der Waals surface area contributed by atoms with Crippen LogP contribution in [-0.2, 0) is 42.3 Å². The van der Waals surface area contributed by atoms with E-state index in [0.29, 0.717) is 0 Å². The predicted octanol–water partition coefficient (Wildman–Crippen LogP) is -1.36. The Labute approximate surface area is 50.8 Å². The van der Waals surface area contributed by atoms with Crippen LogP contribution in [0.3, 0.4) is 0 Å². The Morgan fingerprint density at radius 1 is 1.17 bits per heavy atom. The van der Waals surface area contributed by atoms with Gasteiger partial charge < -0.3 is 0 Å². The van der Waals surface area contributed by atoms with Crippen molar-refractivity contribution in [2.45, 2.75) is 0 Å². The molecule has 0 aliphatic heterocycles. The number of hydrogen-bond acceptors (Lipinski definition) is 2. The van der Waals surface area contributed by atoms with Crippen molar-refractivity contribution in [3.05, 3.63) is 0 Å². The van der Waals surface area contributed by atoms with E-state index < -0.39 is 13.6 Å². The zero-order chi connectivity index (χ0) is 4.50. The molecule has 0 aliphatic rings. The summed E-state index contributed by atoms with van der Waals surface area (Å²) in [5.74, 6) is 0. The monoisotopic (exact) mass is 216 g/mol. The SMILES string of the molecule is [Mo].[O]=[Cr](=[O])([OH])[OH]. The molecule has 4 nitrogen and oxygen atoms in total. The third-order valence-corrected chi connectivity index (χ3v) is 0. The van der Waals surface area contributed by atoms with Gasteiger partial charge in [-0.25, -0.2) is 0 Å². The molecule has 0 heterocycles. The van der Waals surface area contributed by atoms with Crippen LogP contribution in [-0.4, -0.2) is 8.32 Å².